The molecule has 1 heterocycles. The molecule has 3 heteroatoms. The van der Waals surface area contributed by atoms with E-state index in [1.165, 1.54) is 0 Å². The first-order chi connectivity index (χ1) is 5.95. The molecule has 0 aromatic heterocycles. The van der Waals surface area contributed by atoms with E-state index in [-0.39, 0.29) is 17.7 Å². The molecule has 78 valence electrons. The minimum absolute atomic E-state index is 0.202. The zero-order chi connectivity index (χ0) is 10.1. The quantitative estimate of drug-likeness (QED) is 0.659. The molecule has 13 heavy (non-hydrogen) atoms. The van der Waals surface area contributed by atoms with Crippen LogP contribution in [0.15, 0.2) is 0 Å². The van der Waals surface area contributed by atoms with E-state index in [4.69, 9.17) is 10.5 Å². The highest BCUT2D eigenvalue weighted by Gasteiger charge is 2.31. The van der Waals surface area contributed by atoms with Gasteiger partial charge in [0.15, 0.2) is 0 Å². The van der Waals surface area contributed by atoms with E-state index in [1.807, 2.05) is 0 Å². The molecule has 0 radical (unpaired) electrons. The predicted octanol–water partition coefficient (Wildman–Crippen LogP) is 0.833. The highest BCUT2D eigenvalue weighted by molar-refractivity contribution is 4.88. The fourth-order valence-corrected chi connectivity index (χ4v) is 1.79. The van der Waals surface area contributed by atoms with E-state index in [0.717, 1.165) is 19.5 Å². The summed E-state index contributed by atoms with van der Waals surface area (Å²) in [6.07, 6.45) is 1.24. The van der Waals surface area contributed by atoms with E-state index in [0.29, 0.717) is 0 Å². The van der Waals surface area contributed by atoms with Gasteiger partial charge < -0.3 is 10.5 Å². The van der Waals surface area contributed by atoms with Gasteiger partial charge in [-0.15, -0.1) is 0 Å². The fourth-order valence-electron chi connectivity index (χ4n) is 1.79. The lowest BCUT2D eigenvalue weighted by Crippen LogP contribution is -2.56. The van der Waals surface area contributed by atoms with E-state index < -0.39 is 0 Å². The zero-order valence-electron chi connectivity index (χ0n) is 9.21. The van der Waals surface area contributed by atoms with E-state index in [9.17, 15) is 0 Å². The maximum Gasteiger partial charge on any atom is 0.0849 e. The summed E-state index contributed by atoms with van der Waals surface area (Å²) in [5, 5.41) is 0. The second kappa shape index (κ2) is 3.95. The van der Waals surface area contributed by atoms with Crippen LogP contribution >= 0.6 is 0 Å². The van der Waals surface area contributed by atoms with Gasteiger partial charge in [0.25, 0.3) is 0 Å². The average molecular weight is 186 g/mol. The molecule has 0 aliphatic carbocycles. The summed E-state index contributed by atoms with van der Waals surface area (Å²) >= 11 is 0. The van der Waals surface area contributed by atoms with Crippen molar-refractivity contribution in [2.75, 3.05) is 20.2 Å². The van der Waals surface area contributed by atoms with Crippen molar-refractivity contribution in [3.05, 3.63) is 0 Å². The van der Waals surface area contributed by atoms with Crippen LogP contribution in [0.1, 0.15) is 27.2 Å². The van der Waals surface area contributed by atoms with Gasteiger partial charge in [0, 0.05) is 31.8 Å². The molecule has 2 atom stereocenters. The molecule has 0 aromatic carbocycles. The van der Waals surface area contributed by atoms with Gasteiger partial charge in [-0.3, -0.25) is 4.90 Å². The molecule has 0 unspecified atom stereocenters. The van der Waals surface area contributed by atoms with Crippen LogP contribution in [-0.4, -0.2) is 42.8 Å². The van der Waals surface area contributed by atoms with Crippen LogP contribution in [0.25, 0.3) is 0 Å². The first kappa shape index (κ1) is 11.0. The Balaban J connectivity index is 2.55. The number of nitrogens with zero attached hydrogens (tertiary/aromatic N) is 1. The van der Waals surface area contributed by atoms with Gasteiger partial charge in [-0.2, -0.15) is 0 Å². The summed E-state index contributed by atoms with van der Waals surface area (Å²) in [5.74, 6) is 0. The van der Waals surface area contributed by atoms with E-state index in [1.54, 1.807) is 7.11 Å². The number of nitrogens with two attached hydrogens (primary N) is 1. The van der Waals surface area contributed by atoms with Crippen molar-refractivity contribution in [2.45, 2.75) is 44.9 Å². The minimum atomic E-state index is 0.202. The van der Waals surface area contributed by atoms with Crippen LogP contribution in [0.2, 0.25) is 0 Å². The maximum absolute atomic E-state index is 5.94. The summed E-state index contributed by atoms with van der Waals surface area (Å²) < 4.78 is 5.36. The number of hydrogen-bond acceptors (Lipinski definition) is 3. The molecule has 1 rings (SSSR count). The van der Waals surface area contributed by atoms with Crippen LogP contribution in [0.3, 0.4) is 0 Å². The Hall–Kier alpha value is -0.120. The van der Waals surface area contributed by atoms with Crippen molar-refractivity contribution in [3.8, 4) is 0 Å². The lowest BCUT2D eigenvalue weighted by atomic mass is 9.96. The topological polar surface area (TPSA) is 38.5 Å². The molecule has 0 bridgehead atoms. The number of likely N-dealkylation sites (tertiary alicyclic amines) is 1. The first-order valence-corrected chi connectivity index (χ1v) is 4.98. The van der Waals surface area contributed by atoms with Crippen molar-refractivity contribution in [1.29, 1.82) is 0 Å². The van der Waals surface area contributed by atoms with Crippen molar-refractivity contribution in [1.82, 2.24) is 4.90 Å². The SMILES string of the molecule is CO[C@H]1CN(C(C)(C)C)CC[C@H]1N. The summed E-state index contributed by atoms with van der Waals surface area (Å²) in [6.45, 7) is 8.75. The zero-order valence-corrected chi connectivity index (χ0v) is 9.21. The highest BCUT2D eigenvalue weighted by Crippen LogP contribution is 2.20. The Morgan fingerprint density at radius 3 is 2.46 bits per heavy atom. The number of rotatable bonds is 1. The van der Waals surface area contributed by atoms with Crippen molar-refractivity contribution >= 4 is 0 Å². The predicted molar refractivity (Wildman–Crippen MR) is 54.7 cm³/mol. The second-order valence-electron chi connectivity index (χ2n) is 4.84. The van der Waals surface area contributed by atoms with Crippen molar-refractivity contribution < 1.29 is 4.74 Å². The third-order valence-corrected chi connectivity index (χ3v) is 2.86. The Labute approximate surface area is 81.2 Å². The Bertz CT molecular complexity index is 165. The molecule has 1 fully saturated rings. The van der Waals surface area contributed by atoms with Crippen LogP contribution in [0.5, 0.6) is 0 Å². The summed E-state index contributed by atoms with van der Waals surface area (Å²) in [6, 6.07) is 0.212. The summed E-state index contributed by atoms with van der Waals surface area (Å²) in [7, 11) is 1.75. The van der Waals surface area contributed by atoms with Gasteiger partial charge >= 0.3 is 0 Å². The van der Waals surface area contributed by atoms with Gasteiger partial charge in [-0.25, -0.2) is 0 Å². The standard InChI is InChI=1S/C10H22N2O/c1-10(2,3)12-6-5-8(11)9(7-12)13-4/h8-9H,5-7,11H2,1-4H3/t8-,9+/m1/s1. The average Bonchev–Trinajstić information content (AvgIpc) is 2.03. The van der Waals surface area contributed by atoms with Gasteiger partial charge in [0.2, 0.25) is 0 Å². The lowest BCUT2D eigenvalue weighted by molar-refractivity contribution is -0.0150. The lowest BCUT2D eigenvalue weighted by Gasteiger charge is -2.43. The molecule has 1 saturated heterocycles. The largest absolute Gasteiger partial charge is 0.379 e. The first-order valence-electron chi connectivity index (χ1n) is 4.98. The second-order valence-corrected chi connectivity index (χ2v) is 4.84. The molecular formula is C10H22N2O. The van der Waals surface area contributed by atoms with Gasteiger partial charge in [-0.1, -0.05) is 0 Å². The normalized spacial score (nSPS) is 32.1. The third kappa shape index (κ3) is 2.66. The molecule has 0 saturated carbocycles. The van der Waals surface area contributed by atoms with Crippen LogP contribution in [-0.2, 0) is 4.74 Å². The maximum atomic E-state index is 5.94. The summed E-state index contributed by atoms with van der Waals surface area (Å²) in [4.78, 5) is 2.44. The molecule has 3 nitrogen and oxygen atoms in total. The molecule has 2 N–H and O–H groups in total. The fraction of sp³-hybridized carbons (Fsp3) is 1.00. The van der Waals surface area contributed by atoms with E-state index in [2.05, 4.69) is 25.7 Å². The molecule has 0 amide bonds. The highest BCUT2D eigenvalue weighted by atomic mass is 16.5. The number of piperidine rings is 1. The molecule has 0 aromatic rings. The Morgan fingerprint density at radius 2 is 2.00 bits per heavy atom. The van der Waals surface area contributed by atoms with Gasteiger partial charge in [0.1, 0.15) is 0 Å². The molecular weight excluding hydrogens is 164 g/mol. The van der Waals surface area contributed by atoms with Crippen molar-refractivity contribution in [2.24, 2.45) is 5.73 Å². The van der Waals surface area contributed by atoms with Crippen LogP contribution in [0.4, 0.5) is 0 Å². The number of methoxy groups -OCH3 is 1. The van der Waals surface area contributed by atoms with Gasteiger partial charge in [-0.05, 0) is 27.2 Å². The smallest absolute Gasteiger partial charge is 0.0849 e. The minimum Gasteiger partial charge on any atom is -0.379 e. The number of hydrogen-bond donors (Lipinski definition) is 1. The van der Waals surface area contributed by atoms with Crippen molar-refractivity contribution in [3.63, 3.8) is 0 Å². The van der Waals surface area contributed by atoms with E-state index >= 15 is 0 Å². The summed E-state index contributed by atoms with van der Waals surface area (Å²) in [5.41, 5.74) is 6.18. The number of ether oxygens (including phenoxy) is 1. The van der Waals surface area contributed by atoms with Gasteiger partial charge in [0.05, 0.1) is 6.10 Å². The van der Waals surface area contributed by atoms with Crippen LogP contribution < -0.4 is 5.73 Å². The third-order valence-electron chi connectivity index (χ3n) is 2.86. The Morgan fingerprint density at radius 1 is 1.38 bits per heavy atom. The van der Waals surface area contributed by atoms with Crippen LogP contribution in [0, 0.1) is 0 Å². The molecule has 0 spiro atoms. The molecule has 1 aliphatic rings. The Kier molecular flexibility index (Phi) is 3.33. The monoisotopic (exact) mass is 186 g/mol. The molecule has 1 aliphatic heterocycles.